The van der Waals surface area contributed by atoms with Crippen molar-refractivity contribution in [1.29, 1.82) is 0 Å². The zero-order valence-electron chi connectivity index (χ0n) is 10.7. The highest BCUT2D eigenvalue weighted by atomic mass is 16.6. The zero-order chi connectivity index (χ0) is 14.5. The number of aromatic nitrogens is 1. The molecule has 0 saturated heterocycles. The quantitative estimate of drug-likeness (QED) is 0.471. The smallest absolute Gasteiger partial charge is 0.308 e. The summed E-state index contributed by atoms with van der Waals surface area (Å²) in [7, 11) is 1.30. The highest BCUT2D eigenvalue weighted by molar-refractivity contribution is 5.92. The molecule has 0 N–H and O–H groups in total. The number of nitro groups is 1. The lowest BCUT2D eigenvalue weighted by atomic mass is 10.1. The Balaban J connectivity index is 2.29. The fourth-order valence-corrected chi connectivity index (χ4v) is 1.75. The Morgan fingerprint density at radius 2 is 2.20 bits per heavy atom. The summed E-state index contributed by atoms with van der Waals surface area (Å²) in [5.41, 5.74) is 0.361. The van der Waals surface area contributed by atoms with Gasteiger partial charge in [-0.2, -0.15) is 0 Å². The van der Waals surface area contributed by atoms with Crippen molar-refractivity contribution in [3.05, 3.63) is 40.6 Å². The van der Waals surface area contributed by atoms with Crippen molar-refractivity contribution < 1.29 is 19.2 Å². The van der Waals surface area contributed by atoms with E-state index in [2.05, 4.69) is 9.72 Å². The number of hydrogen-bond donors (Lipinski definition) is 0. The number of hydrogen-bond acceptors (Lipinski definition) is 6. The summed E-state index contributed by atoms with van der Waals surface area (Å²) in [5, 5.41) is 11.3. The summed E-state index contributed by atoms with van der Waals surface area (Å²) < 4.78 is 9.94. The normalized spacial score (nSPS) is 10.2. The number of pyridine rings is 1. The fraction of sp³-hybridized carbons (Fsp3) is 0.231. The number of carbonyl (C=O) groups is 1. The van der Waals surface area contributed by atoms with Gasteiger partial charge < -0.3 is 9.47 Å². The van der Waals surface area contributed by atoms with Gasteiger partial charge in [0.25, 0.3) is 5.69 Å². The average Bonchev–Trinajstić information content (AvgIpc) is 2.46. The van der Waals surface area contributed by atoms with E-state index in [1.54, 1.807) is 12.1 Å². The third-order valence-corrected chi connectivity index (χ3v) is 2.70. The van der Waals surface area contributed by atoms with Crippen LogP contribution in [-0.2, 0) is 9.53 Å². The number of rotatable bonds is 5. The first-order valence-electron chi connectivity index (χ1n) is 5.85. The highest BCUT2D eigenvalue weighted by Gasteiger charge is 2.15. The molecule has 0 aliphatic rings. The lowest BCUT2D eigenvalue weighted by molar-refractivity contribution is -0.383. The molecule has 1 aromatic heterocycles. The molecule has 1 aromatic carbocycles. The van der Waals surface area contributed by atoms with Crippen molar-refractivity contribution in [2.24, 2.45) is 0 Å². The second kappa shape index (κ2) is 5.96. The van der Waals surface area contributed by atoms with Gasteiger partial charge in [-0.05, 0) is 18.2 Å². The Bertz CT molecular complexity index is 656. The first-order valence-corrected chi connectivity index (χ1v) is 5.85. The lowest BCUT2D eigenvalue weighted by Crippen LogP contribution is -2.08. The van der Waals surface area contributed by atoms with E-state index in [1.807, 2.05) is 0 Å². The molecule has 0 bridgehead atoms. The van der Waals surface area contributed by atoms with Crippen LogP contribution in [0.15, 0.2) is 30.5 Å². The summed E-state index contributed by atoms with van der Waals surface area (Å²) in [6.07, 6.45) is 1.63. The number of methoxy groups -OCH3 is 1. The van der Waals surface area contributed by atoms with E-state index >= 15 is 0 Å². The Morgan fingerprint density at radius 1 is 1.40 bits per heavy atom. The molecule has 0 amide bonds. The molecule has 1 heterocycles. The number of nitro benzene ring substituents is 1. The monoisotopic (exact) mass is 276 g/mol. The van der Waals surface area contributed by atoms with E-state index in [0.717, 1.165) is 0 Å². The second-order valence-electron chi connectivity index (χ2n) is 3.91. The summed E-state index contributed by atoms with van der Waals surface area (Å²) in [6, 6.07) is 6.06. The predicted molar refractivity (Wildman–Crippen MR) is 70.5 cm³/mol. The summed E-state index contributed by atoms with van der Waals surface area (Å²) >= 11 is 0. The van der Waals surface area contributed by atoms with Crippen LogP contribution in [0.1, 0.15) is 6.42 Å². The van der Waals surface area contributed by atoms with Gasteiger partial charge in [0.2, 0.25) is 0 Å². The van der Waals surface area contributed by atoms with Crippen LogP contribution in [0.5, 0.6) is 5.75 Å². The van der Waals surface area contributed by atoms with E-state index in [1.165, 1.54) is 25.4 Å². The maximum atomic E-state index is 11.0. The maximum Gasteiger partial charge on any atom is 0.308 e. The Kier molecular flexibility index (Phi) is 4.09. The van der Waals surface area contributed by atoms with E-state index < -0.39 is 4.92 Å². The maximum absolute atomic E-state index is 11.0. The summed E-state index contributed by atoms with van der Waals surface area (Å²) in [5.74, 6) is 0.0132. The van der Waals surface area contributed by atoms with Crippen LogP contribution in [0.25, 0.3) is 10.9 Å². The van der Waals surface area contributed by atoms with Crippen LogP contribution >= 0.6 is 0 Å². The second-order valence-corrected chi connectivity index (χ2v) is 3.91. The van der Waals surface area contributed by atoms with Crippen LogP contribution in [0.3, 0.4) is 0 Å². The predicted octanol–water partition coefficient (Wildman–Crippen LogP) is 2.08. The van der Waals surface area contributed by atoms with Crippen LogP contribution < -0.4 is 4.74 Å². The van der Waals surface area contributed by atoms with Crippen LogP contribution in [0.2, 0.25) is 0 Å². The van der Waals surface area contributed by atoms with E-state index in [4.69, 9.17) is 4.74 Å². The molecule has 20 heavy (non-hydrogen) atoms. The van der Waals surface area contributed by atoms with Crippen LogP contribution in [0.4, 0.5) is 5.69 Å². The Labute approximate surface area is 114 Å². The molecule has 7 heteroatoms. The van der Waals surface area contributed by atoms with Gasteiger partial charge in [0.15, 0.2) is 0 Å². The molecule has 0 radical (unpaired) electrons. The fourth-order valence-electron chi connectivity index (χ4n) is 1.75. The van der Waals surface area contributed by atoms with E-state index in [0.29, 0.717) is 16.7 Å². The molecule has 0 aliphatic carbocycles. The number of esters is 1. The minimum atomic E-state index is -0.470. The molecule has 0 aliphatic heterocycles. The first-order chi connectivity index (χ1) is 9.63. The topological polar surface area (TPSA) is 91.6 Å². The van der Waals surface area contributed by atoms with Crippen molar-refractivity contribution in [2.45, 2.75) is 6.42 Å². The number of benzene rings is 1. The Morgan fingerprint density at radius 3 is 2.90 bits per heavy atom. The van der Waals surface area contributed by atoms with Gasteiger partial charge >= 0.3 is 5.97 Å². The standard InChI is InChI=1S/C13H12N2O5/c1-19-12(16)6-8-20-11-5-4-10(15(17)18)9-3-2-7-14-13(9)11/h2-5,7H,6,8H2,1H3. The minimum Gasteiger partial charge on any atom is -0.491 e. The summed E-state index contributed by atoms with van der Waals surface area (Å²) in [6.45, 7) is 0.121. The van der Waals surface area contributed by atoms with Gasteiger partial charge in [-0.25, -0.2) is 0 Å². The largest absolute Gasteiger partial charge is 0.491 e. The molecular formula is C13H12N2O5. The van der Waals surface area contributed by atoms with Gasteiger partial charge in [0.1, 0.15) is 11.3 Å². The van der Waals surface area contributed by atoms with E-state index in [9.17, 15) is 14.9 Å². The van der Waals surface area contributed by atoms with Crippen molar-refractivity contribution >= 4 is 22.6 Å². The van der Waals surface area contributed by atoms with Crippen LogP contribution in [-0.4, -0.2) is 29.6 Å². The molecule has 2 aromatic rings. The number of non-ortho nitro benzene ring substituents is 1. The first kappa shape index (κ1) is 13.7. The zero-order valence-corrected chi connectivity index (χ0v) is 10.7. The minimum absolute atomic E-state index is 0.0339. The van der Waals surface area contributed by atoms with Crippen molar-refractivity contribution in [2.75, 3.05) is 13.7 Å². The third-order valence-electron chi connectivity index (χ3n) is 2.70. The molecule has 7 nitrogen and oxygen atoms in total. The molecule has 0 spiro atoms. The number of fused-ring (bicyclic) bond motifs is 1. The molecule has 0 saturated carbocycles. The van der Waals surface area contributed by atoms with Gasteiger partial charge in [0, 0.05) is 12.3 Å². The molecule has 2 rings (SSSR count). The number of ether oxygens (including phenoxy) is 2. The number of nitrogens with zero attached hydrogens (tertiary/aromatic N) is 2. The van der Waals surface area contributed by atoms with Crippen molar-refractivity contribution in [3.8, 4) is 5.75 Å². The summed E-state index contributed by atoms with van der Waals surface area (Å²) in [4.78, 5) is 25.6. The lowest BCUT2D eigenvalue weighted by Gasteiger charge is -2.08. The van der Waals surface area contributed by atoms with Gasteiger partial charge in [-0.3, -0.25) is 19.9 Å². The average molecular weight is 276 g/mol. The van der Waals surface area contributed by atoms with Crippen molar-refractivity contribution in [1.82, 2.24) is 4.98 Å². The SMILES string of the molecule is COC(=O)CCOc1ccc([N+](=O)[O-])c2cccnc12. The third kappa shape index (κ3) is 2.82. The highest BCUT2D eigenvalue weighted by Crippen LogP contribution is 2.31. The molecule has 0 fully saturated rings. The van der Waals surface area contributed by atoms with Crippen LogP contribution in [0, 0.1) is 10.1 Å². The van der Waals surface area contributed by atoms with Gasteiger partial charge in [-0.15, -0.1) is 0 Å². The van der Waals surface area contributed by atoms with E-state index in [-0.39, 0.29) is 24.7 Å². The molecule has 0 unspecified atom stereocenters. The van der Waals surface area contributed by atoms with Gasteiger partial charge in [0.05, 0.1) is 30.4 Å². The van der Waals surface area contributed by atoms with Gasteiger partial charge in [-0.1, -0.05) is 0 Å². The molecule has 104 valence electrons. The molecule has 0 atom stereocenters. The Hall–Kier alpha value is -2.70. The van der Waals surface area contributed by atoms with Crippen molar-refractivity contribution in [3.63, 3.8) is 0 Å². The number of carbonyl (C=O) groups excluding carboxylic acids is 1. The molecular weight excluding hydrogens is 264 g/mol.